The second-order valence-electron chi connectivity index (χ2n) is 5.70. The topological polar surface area (TPSA) is 96.8 Å². The molecule has 0 fully saturated rings. The average Bonchev–Trinajstić information content (AvgIpc) is 3.25. The smallest absolute Gasteiger partial charge is 0.338 e. The van der Waals surface area contributed by atoms with Gasteiger partial charge in [0, 0.05) is 0 Å². The van der Waals surface area contributed by atoms with Gasteiger partial charge in [0.2, 0.25) is 0 Å². The maximum Gasteiger partial charge on any atom is 0.338 e. The van der Waals surface area contributed by atoms with Gasteiger partial charge in [-0.05, 0) is 45.0 Å². The molecule has 0 bridgehead atoms. The number of methoxy groups -OCH3 is 1. The monoisotopic (exact) mass is 372 g/mol. The van der Waals surface area contributed by atoms with Gasteiger partial charge in [-0.1, -0.05) is 0 Å². The lowest BCUT2D eigenvalue weighted by Crippen LogP contribution is -2.06. The van der Waals surface area contributed by atoms with Gasteiger partial charge in [-0.15, -0.1) is 10.2 Å². The van der Waals surface area contributed by atoms with Crippen molar-refractivity contribution in [2.75, 3.05) is 13.7 Å². The highest BCUT2D eigenvalue weighted by Crippen LogP contribution is 2.29. The molecule has 8 heteroatoms. The number of furan rings is 1. The minimum absolute atomic E-state index is 0.141. The minimum atomic E-state index is -0.534. The molecule has 0 atom stereocenters. The number of ether oxygens (including phenoxy) is 3. The zero-order valence-electron chi connectivity index (χ0n) is 15.6. The van der Waals surface area contributed by atoms with Gasteiger partial charge in [-0.3, -0.25) is 0 Å². The van der Waals surface area contributed by atoms with E-state index in [2.05, 4.69) is 10.2 Å². The standard InChI is InChI=1S/C19H20N2O6/c1-5-24-16-9-13(6-7-15(16)23-4)19(22)25-10-17-20-21-18(27-17)14-8-11(2)26-12(14)3/h6-9H,5,10H2,1-4H3. The molecule has 8 nitrogen and oxygen atoms in total. The summed E-state index contributed by atoms with van der Waals surface area (Å²) >= 11 is 0. The molecular weight excluding hydrogens is 352 g/mol. The summed E-state index contributed by atoms with van der Waals surface area (Å²) in [6.07, 6.45) is 0. The molecular formula is C19H20N2O6. The molecule has 2 heterocycles. The second-order valence-corrected chi connectivity index (χ2v) is 5.70. The Balaban J connectivity index is 1.68. The Morgan fingerprint density at radius 3 is 2.59 bits per heavy atom. The lowest BCUT2D eigenvalue weighted by Gasteiger charge is -2.10. The van der Waals surface area contributed by atoms with Crippen LogP contribution in [0, 0.1) is 13.8 Å². The first-order valence-electron chi connectivity index (χ1n) is 8.39. The van der Waals surface area contributed by atoms with E-state index in [1.165, 1.54) is 7.11 Å². The molecule has 0 saturated heterocycles. The van der Waals surface area contributed by atoms with Crippen LogP contribution < -0.4 is 9.47 Å². The quantitative estimate of drug-likeness (QED) is 0.579. The van der Waals surface area contributed by atoms with E-state index in [1.807, 2.05) is 26.8 Å². The van der Waals surface area contributed by atoms with Crippen LogP contribution in [0.15, 0.2) is 33.1 Å². The molecule has 3 rings (SSSR count). The van der Waals surface area contributed by atoms with Crippen LogP contribution in [-0.2, 0) is 11.3 Å². The first-order chi connectivity index (χ1) is 13.0. The fraction of sp³-hybridized carbons (Fsp3) is 0.316. The highest BCUT2D eigenvalue weighted by Gasteiger charge is 2.17. The lowest BCUT2D eigenvalue weighted by atomic mass is 10.2. The number of carbonyl (C=O) groups excluding carboxylic acids is 1. The van der Waals surface area contributed by atoms with Gasteiger partial charge in [-0.2, -0.15) is 0 Å². The van der Waals surface area contributed by atoms with Gasteiger partial charge in [-0.25, -0.2) is 4.79 Å². The van der Waals surface area contributed by atoms with Crippen LogP contribution in [-0.4, -0.2) is 29.9 Å². The van der Waals surface area contributed by atoms with Crippen molar-refractivity contribution in [2.24, 2.45) is 0 Å². The van der Waals surface area contributed by atoms with Crippen LogP contribution in [0.5, 0.6) is 11.5 Å². The van der Waals surface area contributed by atoms with E-state index in [-0.39, 0.29) is 12.5 Å². The van der Waals surface area contributed by atoms with Gasteiger partial charge in [0.15, 0.2) is 18.1 Å². The summed E-state index contributed by atoms with van der Waals surface area (Å²) in [4.78, 5) is 12.3. The molecule has 0 amide bonds. The van der Waals surface area contributed by atoms with E-state index in [0.717, 1.165) is 5.76 Å². The zero-order valence-corrected chi connectivity index (χ0v) is 15.6. The SMILES string of the molecule is CCOc1cc(C(=O)OCc2nnc(-c3cc(C)oc3C)o2)ccc1OC. The molecule has 0 aliphatic heterocycles. The number of aromatic nitrogens is 2. The summed E-state index contributed by atoms with van der Waals surface area (Å²) in [5, 5.41) is 7.87. The van der Waals surface area contributed by atoms with Crippen molar-refractivity contribution in [3.63, 3.8) is 0 Å². The van der Waals surface area contributed by atoms with Crippen molar-refractivity contribution in [2.45, 2.75) is 27.4 Å². The molecule has 1 aromatic carbocycles. The minimum Gasteiger partial charge on any atom is -0.493 e. The third-order valence-electron chi connectivity index (χ3n) is 3.76. The highest BCUT2D eigenvalue weighted by molar-refractivity contribution is 5.90. The first kappa shape index (κ1) is 18.5. The van der Waals surface area contributed by atoms with E-state index in [1.54, 1.807) is 18.2 Å². The number of esters is 1. The number of benzene rings is 1. The Labute approximate surface area is 156 Å². The van der Waals surface area contributed by atoms with E-state index in [4.69, 9.17) is 23.0 Å². The van der Waals surface area contributed by atoms with Crippen LogP contribution in [0.4, 0.5) is 0 Å². The second kappa shape index (κ2) is 7.94. The summed E-state index contributed by atoms with van der Waals surface area (Å²) in [6.45, 7) is 5.80. The van der Waals surface area contributed by atoms with Gasteiger partial charge in [0.05, 0.1) is 24.8 Å². The molecule has 142 valence electrons. The van der Waals surface area contributed by atoms with Crippen molar-refractivity contribution >= 4 is 5.97 Å². The molecule has 0 radical (unpaired) electrons. The summed E-state index contributed by atoms with van der Waals surface area (Å²) < 4.78 is 26.9. The third kappa shape index (κ3) is 4.11. The third-order valence-corrected chi connectivity index (χ3v) is 3.76. The fourth-order valence-electron chi connectivity index (χ4n) is 2.55. The summed E-state index contributed by atoms with van der Waals surface area (Å²) in [5.41, 5.74) is 1.05. The molecule has 2 aromatic heterocycles. The normalized spacial score (nSPS) is 10.7. The van der Waals surface area contributed by atoms with Crippen molar-refractivity contribution in [3.05, 3.63) is 47.2 Å². The molecule has 0 spiro atoms. The summed E-state index contributed by atoms with van der Waals surface area (Å²) in [5.74, 6) is 2.42. The molecule has 27 heavy (non-hydrogen) atoms. The molecule has 0 unspecified atom stereocenters. The molecule has 3 aromatic rings. The Bertz CT molecular complexity index is 944. The zero-order chi connectivity index (χ0) is 19.4. The largest absolute Gasteiger partial charge is 0.493 e. The Morgan fingerprint density at radius 2 is 1.93 bits per heavy atom. The fourth-order valence-corrected chi connectivity index (χ4v) is 2.55. The maximum atomic E-state index is 12.3. The maximum absolute atomic E-state index is 12.3. The number of aryl methyl sites for hydroxylation is 2. The number of nitrogens with zero attached hydrogens (tertiary/aromatic N) is 2. The first-order valence-corrected chi connectivity index (χ1v) is 8.39. The Kier molecular flexibility index (Phi) is 5.44. The summed E-state index contributed by atoms with van der Waals surface area (Å²) in [6, 6.07) is 6.63. The molecule has 0 N–H and O–H groups in total. The van der Waals surface area contributed by atoms with Crippen LogP contribution in [0.1, 0.15) is 34.7 Å². The van der Waals surface area contributed by atoms with E-state index in [0.29, 0.717) is 40.9 Å². The molecule has 0 saturated carbocycles. The molecule has 0 aliphatic rings. The predicted molar refractivity (Wildman–Crippen MR) is 94.8 cm³/mol. The van der Waals surface area contributed by atoms with Gasteiger partial charge in [0.25, 0.3) is 11.8 Å². The van der Waals surface area contributed by atoms with Gasteiger partial charge in [0.1, 0.15) is 11.5 Å². The Hall–Kier alpha value is -3.29. The van der Waals surface area contributed by atoms with Crippen molar-refractivity contribution < 1.29 is 27.8 Å². The Morgan fingerprint density at radius 1 is 1.11 bits per heavy atom. The highest BCUT2D eigenvalue weighted by atomic mass is 16.5. The number of carbonyl (C=O) groups is 1. The molecule has 0 aliphatic carbocycles. The van der Waals surface area contributed by atoms with Crippen LogP contribution in [0.25, 0.3) is 11.5 Å². The van der Waals surface area contributed by atoms with E-state index < -0.39 is 5.97 Å². The summed E-state index contributed by atoms with van der Waals surface area (Å²) in [7, 11) is 1.53. The number of rotatable bonds is 7. The van der Waals surface area contributed by atoms with Crippen LogP contribution in [0.2, 0.25) is 0 Å². The van der Waals surface area contributed by atoms with E-state index in [9.17, 15) is 4.79 Å². The van der Waals surface area contributed by atoms with E-state index >= 15 is 0 Å². The number of hydrogen-bond acceptors (Lipinski definition) is 8. The van der Waals surface area contributed by atoms with Crippen molar-refractivity contribution in [1.82, 2.24) is 10.2 Å². The van der Waals surface area contributed by atoms with Crippen LogP contribution in [0.3, 0.4) is 0 Å². The predicted octanol–water partition coefficient (Wildman–Crippen LogP) is 3.71. The van der Waals surface area contributed by atoms with Gasteiger partial charge >= 0.3 is 5.97 Å². The van der Waals surface area contributed by atoms with Crippen molar-refractivity contribution in [1.29, 1.82) is 0 Å². The van der Waals surface area contributed by atoms with Crippen molar-refractivity contribution in [3.8, 4) is 23.0 Å². The lowest BCUT2D eigenvalue weighted by molar-refractivity contribution is 0.0438. The number of hydrogen-bond donors (Lipinski definition) is 0. The van der Waals surface area contributed by atoms with Crippen LogP contribution >= 0.6 is 0 Å². The average molecular weight is 372 g/mol. The van der Waals surface area contributed by atoms with Gasteiger partial charge < -0.3 is 23.0 Å².